The molecule has 2 N–H and O–H groups in total. The number of anilines is 1. The van der Waals surface area contributed by atoms with Crippen LogP contribution in [0.25, 0.3) is 5.65 Å². The van der Waals surface area contributed by atoms with Gasteiger partial charge in [0.1, 0.15) is 5.56 Å². The maximum Gasteiger partial charge on any atom is 0.275 e. The molecular formula is C15H14ClN5O. The van der Waals surface area contributed by atoms with Gasteiger partial charge in [0.05, 0.1) is 11.9 Å². The Kier molecular flexibility index (Phi) is 3.68. The molecule has 0 radical (unpaired) electrons. The summed E-state index contributed by atoms with van der Waals surface area (Å²) < 4.78 is 1.64. The zero-order valence-electron chi connectivity index (χ0n) is 12.1. The molecule has 2 heterocycles. The van der Waals surface area contributed by atoms with E-state index in [-0.39, 0.29) is 5.91 Å². The molecular weight excluding hydrogens is 302 g/mol. The van der Waals surface area contributed by atoms with E-state index < -0.39 is 0 Å². The Hall–Kier alpha value is -2.60. The molecule has 0 saturated heterocycles. The second-order valence-corrected chi connectivity index (χ2v) is 5.36. The molecule has 0 atom stereocenters. The number of hydrazine groups is 1. The van der Waals surface area contributed by atoms with Gasteiger partial charge >= 0.3 is 0 Å². The predicted molar refractivity (Wildman–Crippen MR) is 85.0 cm³/mol. The van der Waals surface area contributed by atoms with E-state index in [1.165, 1.54) is 6.20 Å². The molecule has 112 valence electrons. The Labute approximate surface area is 132 Å². The fraction of sp³-hybridized carbons (Fsp3) is 0.133. The van der Waals surface area contributed by atoms with E-state index in [0.29, 0.717) is 21.9 Å². The van der Waals surface area contributed by atoms with Crippen molar-refractivity contribution in [1.29, 1.82) is 0 Å². The summed E-state index contributed by atoms with van der Waals surface area (Å²) in [6, 6.07) is 8.97. The Morgan fingerprint density at radius 2 is 2.09 bits per heavy atom. The molecule has 1 aromatic carbocycles. The Balaban J connectivity index is 1.83. The average molecular weight is 316 g/mol. The van der Waals surface area contributed by atoms with Crippen LogP contribution in [0.2, 0.25) is 5.02 Å². The van der Waals surface area contributed by atoms with Crippen molar-refractivity contribution in [3.63, 3.8) is 0 Å². The van der Waals surface area contributed by atoms with E-state index in [1.54, 1.807) is 28.8 Å². The molecule has 3 rings (SSSR count). The molecule has 0 aliphatic heterocycles. The number of hydrogen-bond donors (Lipinski definition) is 2. The highest BCUT2D eigenvalue weighted by Crippen LogP contribution is 2.15. The van der Waals surface area contributed by atoms with Gasteiger partial charge < -0.3 is 0 Å². The SMILES string of the molecule is Cc1cc(C)n2ncc(C(=O)NNc3cccc(Cl)c3)c2n1. The van der Waals surface area contributed by atoms with Crippen molar-refractivity contribution in [2.75, 3.05) is 5.43 Å². The Bertz CT molecular complexity index is 858. The highest BCUT2D eigenvalue weighted by molar-refractivity contribution is 6.30. The molecule has 2 aromatic heterocycles. The molecule has 0 aliphatic carbocycles. The first-order valence-corrected chi connectivity index (χ1v) is 7.06. The number of aryl methyl sites for hydroxylation is 2. The van der Waals surface area contributed by atoms with E-state index in [0.717, 1.165) is 11.4 Å². The van der Waals surface area contributed by atoms with Crippen molar-refractivity contribution in [3.05, 3.63) is 58.5 Å². The maximum atomic E-state index is 12.3. The average Bonchev–Trinajstić information content (AvgIpc) is 2.89. The van der Waals surface area contributed by atoms with Crippen LogP contribution in [0.15, 0.2) is 36.5 Å². The van der Waals surface area contributed by atoms with Crippen molar-refractivity contribution in [2.45, 2.75) is 13.8 Å². The molecule has 0 bridgehead atoms. The largest absolute Gasteiger partial charge is 0.298 e. The number of fused-ring (bicyclic) bond motifs is 1. The zero-order chi connectivity index (χ0) is 15.7. The van der Waals surface area contributed by atoms with Crippen LogP contribution < -0.4 is 10.9 Å². The first-order chi connectivity index (χ1) is 10.5. The standard InChI is InChI=1S/C15H14ClN5O/c1-9-6-10(2)21-14(18-9)13(8-17-21)15(22)20-19-12-5-3-4-11(16)7-12/h3-8,19H,1-2H3,(H,20,22). The van der Waals surface area contributed by atoms with Gasteiger partial charge in [-0.15, -0.1) is 0 Å². The van der Waals surface area contributed by atoms with Crippen LogP contribution in [0.1, 0.15) is 21.7 Å². The summed E-state index contributed by atoms with van der Waals surface area (Å²) in [4.78, 5) is 16.7. The lowest BCUT2D eigenvalue weighted by Crippen LogP contribution is -2.29. The molecule has 0 saturated carbocycles. The molecule has 3 aromatic rings. The summed E-state index contributed by atoms with van der Waals surface area (Å²) in [6.45, 7) is 3.80. The van der Waals surface area contributed by atoms with Gasteiger partial charge in [0.15, 0.2) is 5.65 Å². The zero-order valence-corrected chi connectivity index (χ0v) is 12.8. The first-order valence-electron chi connectivity index (χ1n) is 6.68. The third-order valence-electron chi connectivity index (χ3n) is 3.17. The van der Waals surface area contributed by atoms with E-state index in [2.05, 4.69) is 20.9 Å². The molecule has 0 unspecified atom stereocenters. The summed E-state index contributed by atoms with van der Waals surface area (Å²) in [5.74, 6) is -0.313. The van der Waals surface area contributed by atoms with Gasteiger partial charge in [-0.25, -0.2) is 9.50 Å². The molecule has 1 amide bonds. The predicted octanol–water partition coefficient (Wildman–Crippen LogP) is 2.76. The van der Waals surface area contributed by atoms with Gasteiger partial charge in [-0.1, -0.05) is 17.7 Å². The molecule has 6 nitrogen and oxygen atoms in total. The van der Waals surface area contributed by atoms with Gasteiger partial charge in [0, 0.05) is 16.4 Å². The molecule has 7 heteroatoms. The molecule has 0 fully saturated rings. The van der Waals surface area contributed by atoms with Crippen LogP contribution in [0.3, 0.4) is 0 Å². The highest BCUT2D eigenvalue weighted by atomic mass is 35.5. The first kappa shape index (κ1) is 14.3. The van der Waals surface area contributed by atoms with Crippen molar-refractivity contribution in [3.8, 4) is 0 Å². The normalized spacial score (nSPS) is 10.7. The Morgan fingerprint density at radius 1 is 1.27 bits per heavy atom. The van der Waals surface area contributed by atoms with Gasteiger partial charge in [-0.2, -0.15) is 5.10 Å². The number of hydrogen-bond acceptors (Lipinski definition) is 4. The summed E-state index contributed by atoms with van der Waals surface area (Å²) in [6.07, 6.45) is 1.50. The number of halogens is 1. The number of aromatic nitrogens is 3. The topological polar surface area (TPSA) is 71.3 Å². The van der Waals surface area contributed by atoms with Gasteiger partial charge in [0.2, 0.25) is 0 Å². The van der Waals surface area contributed by atoms with E-state index in [4.69, 9.17) is 11.6 Å². The van der Waals surface area contributed by atoms with E-state index in [9.17, 15) is 4.79 Å². The van der Waals surface area contributed by atoms with Gasteiger partial charge in [0.25, 0.3) is 5.91 Å². The van der Waals surface area contributed by atoms with Crippen LogP contribution in [-0.2, 0) is 0 Å². The number of rotatable bonds is 3. The molecule has 0 aliphatic rings. The lowest BCUT2D eigenvalue weighted by atomic mass is 10.3. The van der Waals surface area contributed by atoms with Crippen LogP contribution in [0.5, 0.6) is 0 Å². The number of nitrogens with one attached hydrogen (secondary N) is 2. The minimum atomic E-state index is -0.313. The van der Waals surface area contributed by atoms with Crippen LogP contribution in [0.4, 0.5) is 5.69 Å². The quantitative estimate of drug-likeness (QED) is 0.729. The number of benzene rings is 1. The monoisotopic (exact) mass is 315 g/mol. The molecule has 22 heavy (non-hydrogen) atoms. The van der Waals surface area contributed by atoms with Crippen molar-refractivity contribution < 1.29 is 4.79 Å². The second kappa shape index (κ2) is 5.65. The minimum Gasteiger partial charge on any atom is -0.298 e. The molecule has 0 spiro atoms. The second-order valence-electron chi connectivity index (χ2n) is 4.92. The number of amides is 1. The lowest BCUT2D eigenvalue weighted by Gasteiger charge is -2.08. The number of carbonyl (C=O) groups is 1. The van der Waals surface area contributed by atoms with Crippen molar-refractivity contribution >= 4 is 28.8 Å². The summed E-state index contributed by atoms with van der Waals surface area (Å²) >= 11 is 5.90. The number of carbonyl (C=O) groups excluding carboxylic acids is 1. The highest BCUT2D eigenvalue weighted by Gasteiger charge is 2.15. The van der Waals surface area contributed by atoms with Gasteiger partial charge in [-0.05, 0) is 38.1 Å². The van der Waals surface area contributed by atoms with Crippen molar-refractivity contribution in [1.82, 2.24) is 20.0 Å². The van der Waals surface area contributed by atoms with E-state index in [1.807, 2.05) is 19.9 Å². The maximum absolute atomic E-state index is 12.3. The smallest absolute Gasteiger partial charge is 0.275 e. The third-order valence-corrected chi connectivity index (χ3v) is 3.40. The summed E-state index contributed by atoms with van der Waals surface area (Å²) in [5, 5.41) is 4.78. The fourth-order valence-corrected chi connectivity index (χ4v) is 2.38. The number of nitrogens with zero attached hydrogens (tertiary/aromatic N) is 3. The Morgan fingerprint density at radius 3 is 2.86 bits per heavy atom. The minimum absolute atomic E-state index is 0.313. The van der Waals surface area contributed by atoms with Crippen LogP contribution in [-0.4, -0.2) is 20.5 Å². The third kappa shape index (κ3) is 2.73. The summed E-state index contributed by atoms with van der Waals surface area (Å²) in [5.41, 5.74) is 8.82. The summed E-state index contributed by atoms with van der Waals surface area (Å²) in [7, 11) is 0. The van der Waals surface area contributed by atoms with Crippen LogP contribution >= 0.6 is 11.6 Å². The van der Waals surface area contributed by atoms with E-state index >= 15 is 0 Å². The fourth-order valence-electron chi connectivity index (χ4n) is 2.19. The van der Waals surface area contributed by atoms with Gasteiger partial charge in [-0.3, -0.25) is 15.6 Å². The van der Waals surface area contributed by atoms with Crippen molar-refractivity contribution in [2.24, 2.45) is 0 Å². The van der Waals surface area contributed by atoms with Crippen LogP contribution in [0, 0.1) is 13.8 Å². The lowest BCUT2D eigenvalue weighted by molar-refractivity contribution is 0.0964.